The lowest BCUT2D eigenvalue weighted by Gasteiger charge is -2.06. The highest BCUT2D eigenvalue weighted by atomic mass is 16.5. The summed E-state index contributed by atoms with van der Waals surface area (Å²) in [5.41, 5.74) is 1.32. The molecule has 0 amide bonds. The molecule has 0 bridgehead atoms. The summed E-state index contributed by atoms with van der Waals surface area (Å²) in [6, 6.07) is 8.26. The molecule has 0 heterocycles. The first-order chi connectivity index (χ1) is 8.36. The summed E-state index contributed by atoms with van der Waals surface area (Å²) in [5.74, 6) is 0.937. The van der Waals surface area contributed by atoms with Crippen molar-refractivity contribution in [3.05, 3.63) is 29.8 Å². The van der Waals surface area contributed by atoms with Gasteiger partial charge in [0.1, 0.15) is 5.75 Å². The third kappa shape index (κ3) is 6.29. The molecule has 0 aliphatic rings. The van der Waals surface area contributed by atoms with E-state index in [1.54, 1.807) is 0 Å². The SMILES string of the molecule is CCOc1ccc(CCNCCCCO)cc1. The standard InChI is InChI=1S/C14H23NO2/c1-2-17-14-7-5-13(6-8-14)9-11-15-10-3-4-12-16/h5-8,15-16H,2-4,9-12H2,1H3. The van der Waals surface area contributed by atoms with E-state index in [0.717, 1.165) is 38.1 Å². The molecule has 1 aromatic carbocycles. The molecule has 0 aromatic heterocycles. The number of ether oxygens (including phenoxy) is 1. The fraction of sp³-hybridized carbons (Fsp3) is 0.571. The van der Waals surface area contributed by atoms with Crippen LogP contribution in [0.5, 0.6) is 5.75 Å². The molecule has 0 saturated heterocycles. The van der Waals surface area contributed by atoms with E-state index >= 15 is 0 Å². The van der Waals surface area contributed by atoms with Crippen molar-refractivity contribution in [2.75, 3.05) is 26.3 Å². The van der Waals surface area contributed by atoms with E-state index in [-0.39, 0.29) is 0 Å². The first-order valence-electron chi connectivity index (χ1n) is 6.40. The Morgan fingerprint density at radius 1 is 1.12 bits per heavy atom. The topological polar surface area (TPSA) is 41.5 Å². The Morgan fingerprint density at radius 2 is 1.88 bits per heavy atom. The van der Waals surface area contributed by atoms with E-state index in [1.165, 1.54) is 5.56 Å². The fourth-order valence-corrected chi connectivity index (χ4v) is 1.64. The predicted octanol–water partition coefficient (Wildman–Crippen LogP) is 1.99. The van der Waals surface area contributed by atoms with Crippen LogP contribution < -0.4 is 10.1 Å². The van der Waals surface area contributed by atoms with E-state index in [1.807, 2.05) is 19.1 Å². The van der Waals surface area contributed by atoms with Crippen LogP contribution in [0.15, 0.2) is 24.3 Å². The minimum atomic E-state index is 0.292. The van der Waals surface area contributed by atoms with E-state index < -0.39 is 0 Å². The number of hydrogen-bond acceptors (Lipinski definition) is 3. The zero-order valence-corrected chi connectivity index (χ0v) is 10.6. The zero-order valence-electron chi connectivity index (χ0n) is 10.6. The van der Waals surface area contributed by atoms with Gasteiger partial charge in [-0.05, 0) is 57.0 Å². The quantitative estimate of drug-likeness (QED) is 0.645. The lowest BCUT2D eigenvalue weighted by Crippen LogP contribution is -2.18. The second-order valence-corrected chi connectivity index (χ2v) is 4.01. The highest BCUT2D eigenvalue weighted by Gasteiger charge is 1.95. The molecule has 2 N–H and O–H groups in total. The maximum atomic E-state index is 8.63. The molecule has 96 valence electrons. The molecule has 0 atom stereocenters. The molecule has 1 aromatic rings. The van der Waals surface area contributed by atoms with E-state index in [4.69, 9.17) is 9.84 Å². The fourth-order valence-electron chi connectivity index (χ4n) is 1.64. The summed E-state index contributed by atoms with van der Waals surface area (Å²) in [6.07, 6.45) is 2.96. The van der Waals surface area contributed by atoms with Crippen LogP contribution in [-0.2, 0) is 6.42 Å². The molecule has 0 aliphatic heterocycles. The molecule has 17 heavy (non-hydrogen) atoms. The average Bonchev–Trinajstić information content (AvgIpc) is 2.36. The number of benzene rings is 1. The van der Waals surface area contributed by atoms with Gasteiger partial charge in [0.2, 0.25) is 0 Å². The van der Waals surface area contributed by atoms with E-state index in [0.29, 0.717) is 13.2 Å². The lowest BCUT2D eigenvalue weighted by molar-refractivity contribution is 0.284. The second-order valence-electron chi connectivity index (χ2n) is 4.01. The van der Waals surface area contributed by atoms with Crippen molar-refractivity contribution in [3.63, 3.8) is 0 Å². The highest BCUT2D eigenvalue weighted by Crippen LogP contribution is 2.12. The van der Waals surface area contributed by atoms with Gasteiger partial charge in [0.25, 0.3) is 0 Å². The maximum absolute atomic E-state index is 8.63. The van der Waals surface area contributed by atoms with Crippen LogP contribution in [0.1, 0.15) is 25.3 Å². The molecule has 0 unspecified atom stereocenters. The second kappa shape index (κ2) is 9.02. The van der Waals surface area contributed by atoms with Crippen molar-refractivity contribution >= 4 is 0 Å². The minimum Gasteiger partial charge on any atom is -0.494 e. The van der Waals surface area contributed by atoms with Crippen LogP contribution in [0.2, 0.25) is 0 Å². The monoisotopic (exact) mass is 237 g/mol. The van der Waals surface area contributed by atoms with Crippen molar-refractivity contribution < 1.29 is 9.84 Å². The predicted molar refractivity (Wildman–Crippen MR) is 70.5 cm³/mol. The minimum absolute atomic E-state index is 0.292. The highest BCUT2D eigenvalue weighted by molar-refractivity contribution is 5.27. The summed E-state index contributed by atoms with van der Waals surface area (Å²) in [7, 11) is 0. The van der Waals surface area contributed by atoms with Gasteiger partial charge in [-0.15, -0.1) is 0 Å². The van der Waals surface area contributed by atoms with Gasteiger partial charge in [0, 0.05) is 6.61 Å². The third-order valence-electron chi connectivity index (χ3n) is 2.59. The Bertz CT molecular complexity index is 285. The van der Waals surface area contributed by atoms with Crippen LogP contribution in [0.25, 0.3) is 0 Å². The van der Waals surface area contributed by atoms with Gasteiger partial charge in [0.05, 0.1) is 6.61 Å². The van der Waals surface area contributed by atoms with Crippen LogP contribution in [0.3, 0.4) is 0 Å². The van der Waals surface area contributed by atoms with E-state index in [2.05, 4.69) is 17.4 Å². The summed E-state index contributed by atoms with van der Waals surface area (Å²) >= 11 is 0. The van der Waals surface area contributed by atoms with Crippen LogP contribution in [0.4, 0.5) is 0 Å². The van der Waals surface area contributed by atoms with Gasteiger partial charge >= 0.3 is 0 Å². The Morgan fingerprint density at radius 3 is 2.53 bits per heavy atom. The number of aliphatic hydroxyl groups excluding tert-OH is 1. The molecule has 0 spiro atoms. The summed E-state index contributed by atoms with van der Waals surface area (Å²) in [5, 5.41) is 12.0. The van der Waals surface area contributed by atoms with Crippen molar-refractivity contribution in [1.82, 2.24) is 5.32 Å². The molecule has 0 radical (unpaired) electrons. The number of nitrogens with one attached hydrogen (secondary N) is 1. The molecule has 3 nitrogen and oxygen atoms in total. The van der Waals surface area contributed by atoms with Gasteiger partial charge in [-0.25, -0.2) is 0 Å². The van der Waals surface area contributed by atoms with Crippen molar-refractivity contribution in [2.24, 2.45) is 0 Å². The van der Waals surface area contributed by atoms with Gasteiger partial charge < -0.3 is 15.2 Å². The van der Waals surface area contributed by atoms with Gasteiger partial charge in [-0.2, -0.15) is 0 Å². The van der Waals surface area contributed by atoms with Crippen molar-refractivity contribution in [2.45, 2.75) is 26.2 Å². The van der Waals surface area contributed by atoms with Gasteiger partial charge in [0.15, 0.2) is 0 Å². The summed E-state index contributed by atoms with van der Waals surface area (Å²) in [6.45, 7) is 4.97. The number of aliphatic hydroxyl groups is 1. The van der Waals surface area contributed by atoms with Gasteiger partial charge in [-0.3, -0.25) is 0 Å². The van der Waals surface area contributed by atoms with E-state index in [9.17, 15) is 0 Å². The summed E-state index contributed by atoms with van der Waals surface area (Å²) < 4.78 is 5.39. The molecule has 0 aliphatic carbocycles. The average molecular weight is 237 g/mol. The molecule has 0 saturated carbocycles. The van der Waals surface area contributed by atoms with Crippen LogP contribution in [-0.4, -0.2) is 31.4 Å². The Labute approximate surface area is 104 Å². The molecular formula is C14H23NO2. The first-order valence-corrected chi connectivity index (χ1v) is 6.40. The first kappa shape index (κ1) is 14.0. The Hall–Kier alpha value is -1.06. The third-order valence-corrected chi connectivity index (χ3v) is 2.59. The number of rotatable bonds is 9. The number of hydrogen-bond donors (Lipinski definition) is 2. The molecule has 0 fully saturated rings. The number of unbranched alkanes of at least 4 members (excludes halogenated alkanes) is 1. The maximum Gasteiger partial charge on any atom is 0.119 e. The van der Waals surface area contributed by atoms with Crippen LogP contribution in [0, 0.1) is 0 Å². The molecule has 3 heteroatoms. The van der Waals surface area contributed by atoms with Crippen LogP contribution >= 0.6 is 0 Å². The zero-order chi connectivity index (χ0) is 12.3. The smallest absolute Gasteiger partial charge is 0.119 e. The van der Waals surface area contributed by atoms with Gasteiger partial charge in [-0.1, -0.05) is 12.1 Å². The Kier molecular flexibility index (Phi) is 7.43. The van der Waals surface area contributed by atoms with Crippen molar-refractivity contribution in [3.8, 4) is 5.75 Å². The lowest BCUT2D eigenvalue weighted by atomic mass is 10.1. The Balaban J connectivity index is 2.14. The molecular weight excluding hydrogens is 214 g/mol. The normalized spacial score (nSPS) is 10.5. The molecule has 1 rings (SSSR count). The summed E-state index contributed by atoms with van der Waals surface area (Å²) in [4.78, 5) is 0. The van der Waals surface area contributed by atoms with Crippen molar-refractivity contribution in [1.29, 1.82) is 0 Å². The largest absolute Gasteiger partial charge is 0.494 e.